The van der Waals surface area contributed by atoms with Crippen LogP contribution in [0, 0.1) is 0 Å². The highest BCUT2D eigenvalue weighted by molar-refractivity contribution is 8.00. The van der Waals surface area contributed by atoms with Gasteiger partial charge in [-0.15, -0.1) is 10.2 Å². The summed E-state index contributed by atoms with van der Waals surface area (Å²) in [6, 6.07) is 15.1. The molecule has 0 bridgehead atoms. The summed E-state index contributed by atoms with van der Waals surface area (Å²) in [5.41, 5.74) is 2.05. The smallest absolute Gasteiger partial charge is 0.262 e. The van der Waals surface area contributed by atoms with E-state index >= 15 is 0 Å². The Morgan fingerprint density at radius 1 is 1.20 bits per heavy atom. The van der Waals surface area contributed by atoms with Gasteiger partial charge in [0.2, 0.25) is 0 Å². The number of thioether (sulfide) groups is 1. The Labute approximate surface area is 177 Å². The number of amides is 1. The number of rotatable bonds is 6. The predicted molar refractivity (Wildman–Crippen MR) is 114 cm³/mol. The number of nitrogens with one attached hydrogen (secondary N) is 1. The van der Waals surface area contributed by atoms with Gasteiger partial charge in [-0.05, 0) is 50.1 Å². The molecule has 1 fully saturated rings. The highest BCUT2D eigenvalue weighted by Crippen LogP contribution is 2.41. The molecule has 2 aliphatic rings. The van der Waals surface area contributed by atoms with Crippen molar-refractivity contribution in [2.75, 3.05) is 11.9 Å². The van der Waals surface area contributed by atoms with E-state index in [0.717, 1.165) is 24.4 Å². The number of anilines is 1. The molecule has 0 saturated heterocycles. The molecular formula is C22H20N4O3S. The molecule has 0 spiro atoms. The van der Waals surface area contributed by atoms with Crippen LogP contribution < -0.4 is 10.1 Å². The monoisotopic (exact) mass is 420 g/mol. The molecule has 152 valence electrons. The van der Waals surface area contributed by atoms with Crippen LogP contribution in [0.15, 0.2) is 53.7 Å². The van der Waals surface area contributed by atoms with Gasteiger partial charge in [0.25, 0.3) is 5.91 Å². The van der Waals surface area contributed by atoms with Crippen molar-refractivity contribution in [3.63, 3.8) is 0 Å². The van der Waals surface area contributed by atoms with Crippen LogP contribution in [-0.2, 0) is 4.79 Å². The van der Waals surface area contributed by atoms with E-state index < -0.39 is 0 Å². The van der Waals surface area contributed by atoms with Crippen molar-refractivity contribution in [3.8, 4) is 11.4 Å². The van der Waals surface area contributed by atoms with Gasteiger partial charge in [0.15, 0.2) is 17.5 Å². The van der Waals surface area contributed by atoms with Gasteiger partial charge < -0.3 is 10.1 Å². The van der Waals surface area contributed by atoms with Crippen LogP contribution in [0.2, 0.25) is 0 Å². The third kappa shape index (κ3) is 3.59. The zero-order valence-corrected chi connectivity index (χ0v) is 17.2. The molecule has 1 aliphatic carbocycles. The van der Waals surface area contributed by atoms with Crippen LogP contribution in [0.3, 0.4) is 0 Å². The highest BCUT2D eigenvalue weighted by atomic mass is 32.2. The summed E-state index contributed by atoms with van der Waals surface area (Å²) in [7, 11) is 0. The number of Topliss-reactive ketones (excluding diaryl/α,β-unsaturated/α-hetero) is 1. The van der Waals surface area contributed by atoms with E-state index in [2.05, 4.69) is 20.1 Å². The summed E-state index contributed by atoms with van der Waals surface area (Å²) in [5, 5.41) is 11.9. The minimum atomic E-state index is -0.373. The summed E-state index contributed by atoms with van der Waals surface area (Å²) in [5.74, 6) is 1.69. The summed E-state index contributed by atoms with van der Waals surface area (Å²) < 4.78 is 7.43. The van der Waals surface area contributed by atoms with Crippen LogP contribution in [0.25, 0.3) is 5.69 Å². The number of fused-ring (bicyclic) bond motifs is 1. The Balaban J connectivity index is 1.41. The maximum Gasteiger partial charge on any atom is 0.262 e. The minimum Gasteiger partial charge on any atom is -0.482 e. The van der Waals surface area contributed by atoms with E-state index in [1.165, 1.54) is 11.8 Å². The molecule has 0 radical (unpaired) electrons. The number of nitrogens with zero attached hydrogens (tertiary/aromatic N) is 3. The van der Waals surface area contributed by atoms with E-state index in [0.29, 0.717) is 28.1 Å². The molecule has 1 aromatic heterocycles. The first kappa shape index (κ1) is 18.9. The maximum absolute atomic E-state index is 13.1. The fourth-order valence-corrected chi connectivity index (χ4v) is 4.42. The van der Waals surface area contributed by atoms with Crippen molar-refractivity contribution in [1.29, 1.82) is 0 Å². The van der Waals surface area contributed by atoms with Crippen LogP contribution >= 0.6 is 11.8 Å². The Morgan fingerprint density at radius 2 is 2.00 bits per heavy atom. The zero-order chi connectivity index (χ0) is 20.7. The number of benzene rings is 2. The molecule has 5 rings (SSSR count). The van der Waals surface area contributed by atoms with E-state index in [4.69, 9.17) is 4.74 Å². The topological polar surface area (TPSA) is 86.1 Å². The minimum absolute atomic E-state index is 0.00891. The largest absolute Gasteiger partial charge is 0.482 e. The Bertz CT molecular complexity index is 1120. The molecule has 1 unspecified atom stereocenters. The molecule has 7 nitrogen and oxygen atoms in total. The van der Waals surface area contributed by atoms with Gasteiger partial charge in [-0.3, -0.25) is 14.2 Å². The number of carbonyl (C=O) groups is 2. The van der Waals surface area contributed by atoms with E-state index in [-0.39, 0.29) is 23.5 Å². The van der Waals surface area contributed by atoms with Crippen molar-refractivity contribution in [1.82, 2.24) is 14.8 Å². The van der Waals surface area contributed by atoms with Crippen molar-refractivity contribution >= 4 is 29.1 Å². The van der Waals surface area contributed by atoms with E-state index in [1.807, 2.05) is 37.3 Å². The summed E-state index contributed by atoms with van der Waals surface area (Å²) in [4.78, 5) is 24.7. The third-order valence-corrected chi connectivity index (χ3v) is 6.21. The molecule has 1 amide bonds. The Morgan fingerprint density at radius 3 is 2.77 bits per heavy atom. The van der Waals surface area contributed by atoms with E-state index in [9.17, 15) is 9.59 Å². The lowest BCUT2D eigenvalue weighted by molar-refractivity contribution is -0.118. The molecule has 30 heavy (non-hydrogen) atoms. The first-order chi connectivity index (χ1) is 14.6. The number of hydrogen-bond donors (Lipinski definition) is 1. The molecule has 1 atom stereocenters. The normalized spacial score (nSPS) is 16.4. The molecule has 8 heteroatoms. The SMILES string of the molecule is CC(Sc1nnc(C2CC2)n1-c1ccccc1)C(=O)c1ccc2c(c1)NC(=O)CO2. The second-order valence-corrected chi connectivity index (χ2v) is 8.77. The standard InChI is InChI=1S/C22H20N4O3S/c1-13(20(28)15-9-10-18-17(11-15)23-19(27)12-29-18)30-22-25-24-21(14-7-8-14)26(22)16-5-3-2-4-6-16/h2-6,9-11,13-14H,7-8,12H2,1H3,(H,23,27). The summed E-state index contributed by atoms with van der Waals surface area (Å²) in [6.07, 6.45) is 2.24. The number of hydrogen-bond acceptors (Lipinski definition) is 6. The van der Waals surface area contributed by atoms with Crippen molar-refractivity contribution < 1.29 is 14.3 Å². The third-order valence-electron chi connectivity index (χ3n) is 5.16. The van der Waals surface area contributed by atoms with Gasteiger partial charge >= 0.3 is 0 Å². The fraction of sp³-hybridized carbons (Fsp3) is 0.273. The molecule has 1 aliphatic heterocycles. The van der Waals surface area contributed by atoms with Crippen LogP contribution in [0.1, 0.15) is 41.9 Å². The van der Waals surface area contributed by atoms with Crippen molar-refractivity contribution in [2.45, 2.75) is 36.1 Å². The number of para-hydroxylation sites is 1. The van der Waals surface area contributed by atoms with Crippen LogP contribution in [-0.4, -0.2) is 38.3 Å². The van der Waals surface area contributed by atoms with Crippen LogP contribution in [0.4, 0.5) is 5.69 Å². The van der Waals surface area contributed by atoms with Gasteiger partial charge in [0.1, 0.15) is 11.6 Å². The molecule has 1 N–H and O–H groups in total. The second kappa shape index (κ2) is 7.60. The zero-order valence-electron chi connectivity index (χ0n) is 16.4. The van der Waals surface area contributed by atoms with Gasteiger partial charge in [0, 0.05) is 17.2 Å². The van der Waals surface area contributed by atoms with Gasteiger partial charge in [-0.2, -0.15) is 0 Å². The number of aromatic nitrogens is 3. The number of ether oxygens (including phenoxy) is 1. The first-order valence-corrected chi connectivity index (χ1v) is 10.8. The lowest BCUT2D eigenvalue weighted by atomic mass is 10.1. The average Bonchev–Trinajstić information content (AvgIpc) is 3.53. The maximum atomic E-state index is 13.1. The quantitative estimate of drug-likeness (QED) is 0.482. The van der Waals surface area contributed by atoms with Crippen molar-refractivity contribution in [3.05, 3.63) is 59.9 Å². The highest BCUT2D eigenvalue weighted by Gasteiger charge is 2.32. The lowest BCUT2D eigenvalue weighted by Gasteiger charge is -2.19. The first-order valence-electron chi connectivity index (χ1n) is 9.88. The Hall–Kier alpha value is -3.13. The number of ketones is 1. The summed E-state index contributed by atoms with van der Waals surface area (Å²) >= 11 is 1.39. The molecule has 1 saturated carbocycles. The molecule has 2 aromatic carbocycles. The summed E-state index contributed by atoms with van der Waals surface area (Å²) in [6.45, 7) is 1.85. The molecule has 3 aromatic rings. The van der Waals surface area contributed by atoms with E-state index in [1.54, 1.807) is 18.2 Å². The van der Waals surface area contributed by atoms with Crippen LogP contribution in [0.5, 0.6) is 5.75 Å². The van der Waals surface area contributed by atoms with Gasteiger partial charge in [-0.25, -0.2) is 0 Å². The predicted octanol–water partition coefficient (Wildman–Crippen LogP) is 3.84. The fourth-order valence-electron chi connectivity index (χ4n) is 3.47. The van der Waals surface area contributed by atoms with Gasteiger partial charge in [0.05, 0.1) is 10.9 Å². The molecular weight excluding hydrogens is 400 g/mol. The lowest BCUT2D eigenvalue weighted by Crippen LogP contribution is -2.25. The molecule has 2 heterocycles. The van der Waals surface area contributed by atoms with Gasteiger partial charge in [-0.1, -0.05) is 30.0 Å². The Kier molecular flexibility index (Phi) is 4.78. The number of carbonyl (C=O) groups excluding carboxylic acids is 2. The second-order valence-electron chi connectivity index (χ2n) is 7.46. The average molecular weight is 420 g/mol. The van der Waals surface area contributed by atoms with Crippen molar-refractivity contribution in [2.24, 2.45) is 0 Å².